The molecule has 2 heterocycles. The van der Waals surface area contributed by atoms with E-state index in [1.807, 2.05) is 0 Å². The third kappa shape index (κ3) is 6.21. The van der Waals surface area contributed by atoms with E-state index in [0.29, 0.717) is 27.9 Å². The number of esters is 1. The molecule has 4 rings (SSSR count). The van der Waals surface area contributed by atoms with Crippen molar-refractivity contribution in [1.29, 1.82) is 0 Å². The van der Waals surface area contributed by atoms with Gasteiger partial charge < -0.3 is 25.3 Å². The molecule has 1 aliphatic heterocycles. The van der Waals surface area contributed by atoms with E-state index in [9.17, 15) is 27.6 Å². The highest BCUT2D eigenvalue weighted by molar-refractivity contribution is 6.01. The number of alkyl halides is 3. The molecular weight excluding hydrogens is 539 g/mol. The maximum atomic E-state index is 13.9. The number of imidazole rings is 1. The maximum Gasteiger partial charge on any atom is 0.449 e. The van der Waals surface area contributed by atoms with Gasteiger partial charge in [-0.25, -0.2) is 4.98 Å². The number of carbonyl (C=O) groups is 3. The van der Waals surface area contributed by atoms with Gasteiger partial charge in [-0.05, 0) is 57.0 Å². The van der Waals surface area contributed by atoms with Crippen molar-refractivity contribution >= 4 is 23.5 Å². The number of hydrogen-bond acceptors (Lipinski definition) is 6. The molecule has 0 bridgehead atoms. The number of halogens is 3. The number of nitrogens with two attached hydrogens (primary N) is 1. The van der Waals surface area contributed by atoms with Crippen LogP contribution in [-0.2, 0) is 34.1 Å². The fourth-order valence-electron chi connectivity index (χ4n) is 4.95. The quantitative estimate of drug-likeness (QED) is 0.377. The number of primary amides is 1. The van der Waals surface area contributed by atoms with Crippen LogP contribution >= 0.6 is 0 Å². The van der Waals surface area contributed by atoms with Crippen LogP contribution in [0.1, 0.15) is 55.4 Å². The fraction of sp³-hybridized carbons (Fsp3) is 0.379. The van der Waals surface area contributed by atoms with Crippen molar-refractivity contribution in [3.05, 3.63) is 59.4 Å². The second-order valence-electron chi connectivity index (χ2n) is 10.9. The zero-order valence-corrected chi connectivity index (χ0v) is 23.4. The summed E-state index contributed by atoms with van der Waals surface area (Å²) in [5, 5.41) is 2.98. The minimum Gasteiger partial charge on any atom is -0.460 e. The third-order valence-corrected chi connectivity index (χ3v) is 6.73. The molecule has 0 aliphatic carbocycles. The number of amides is 2. The average molecular weight is 572 g/mol. The van der Waals surface area contributed by atoms with Crippen molar-refractivity contribution in [2.24, 2.45) is 12.8 Å². The second-order valence-corrected chi connectivity index (χ2v) is 10.9. The maximum absolute atomic E-state index is 13.9. The van der Waals surface area contributed by atoms with Crippen LogP contribution in [0, 0.1) is 0 Å². The molecule has 2 aromatic carbocycles. The van der Waals surface area contributed by atoms with Crippen molar-refractivity contribution in [3.63, 3.8) is 0 Å². The number of nitrogens with zero attached hydrogens (tertiary/aromatic N) is 3. The third-order valence-electron chi connectivity index (χ3n) is 6.73. The number of aromatic nitrogens is 2. The van der Waals surface area contributed by atoms with Crippen LogP contribution in [-0.4, -0.2) is 50.9 Å². The van der Waals surface area contributed by atoms with E-state index in [1.54, 1.807) is 58.2 Å². The number of carbonyl (C=O) groups excluding carboxylic acids is 3. The zero-order chi connectivity index (χ0) is 30.3. The van der Waals surface area contributed by atoms with Gasteiger partial charge in [0.05, 0.1) is 11.4 Å². The summed E-state index contributed by atoms with van der Waals surface area (Å²) in [5.74, 6) is -2.83. The molecule has 3 N–H and O–H groups in total. The van der Waals surface area contributed by atoms with Crippen LogP contribution in [0.4, 0.5) is 18.9 Å². The molecule has 0 saturated heterocycles. The van der Waals surface area contributed by atoms with Gasteiger partial charge in [-0.1, -0.05) is 18.2 Å². The van der Waals surface area contributed by atoms with Crippen LogP contribution in [0.15, 0.2) is 42.5 Å². The zero-order valence-electron chi connectivity index (χ0n) is 23.4. The summed E-state index contributed by atoms with van der Waals surface area (Å²) in [7, 11) is 3.02. The SMILES string of the molecule is CNc1cccc(-c2c(-c3ccc4c(c3)CN(C(CCC(=O)OC(C)(C)C)C(N)=O)C4=O)nc(C(F)(F)F)n2C)c1. The largest absolute Gasteiger partial charge is 0.460 e. The highest BCUT2D eigenvalue weighted by atomic mass is 19.4. The molecule has 218 valence electrons. The first-order chi connectivity index (χ1) is 19.1. The van der Waals surface area contributed by atoms with E-state index >= 15 is 0 Å². The average Bonchev–Trinajstić information content (AvgIpc) is 3.39. The minimum atomic E-state index is -4.70. The van der Waals surface area contributed by atoms with E-state index < -0.39 is 41.4 Å². The summed E-state index contributed by atoms with van der Waals surface area (Å²) in [6.07, 6.45) is -4.86. The number of anilines is 1. The summed E-state index contributed by atoms with van der Waals surface area (Å²) in [4.78, 5) is 43.0. The first kappa shape index (κ1) is 29.6. The van der Waals surface area contributed by atoms with Crippen LogP contribution in [0.3, 0.4) is 0 Å². The number of hydrogen-bond donors (Lipinski definition) is 2. The Bertz CT molecular complexity index is 1510. The van der Waals surface area contributed by atoms with Gasteiger partial charge in [0.2, 0.25) is 11.7 Å². The number of benzene rings is 2. The van der Waals surface area contributed by atoms with Crippen molar-refractivity contribution in [1.82, 2.24) is 14.5 Å². The van der Waals surface area contributed by atoms with Gasteiger partial charge in [-0.3, -0.25) is 14.4 Å². The topological polar surface area (TPSA) is 120 Å². The van der Waals surface area contributed by atoms with Gasteiger partial charge in [-0.2, -0.15) is 13.2 Å². The van der Waals surface area contributed by atoms with Gasteiger partial charge in [0.1, 0.15) is 11.6 Å². The Morgan fingerprint density at radius 2 is 1.83 bits per heavy atom. The summed E-state index contributed by atoms with van der Waals surface area (Å²) in [6.45, 7) is 5.15. The number of ether oxygens (including phenoxy) is 1. The molecule has 1 aromatic heterocycles. The number of fused-ring (bicyclic) bond motifs is 1. The van der Waals surface area contributed by atoms with Gasteiger partial charge in [0.15, 0.2) is 0 Å². The van der Waals surface area contributed by atoms with Crippen molar-refractivity contribution in [3.8, 4) is 22.5 Å². The first-order valence-corrected chi connectivity index (χ1v) is 13.0. The minimum absolute atomic E-state index is 0.00648. The van der Waals surface area contributed by atoms with Crippen LogP contribution < -0.4 is 11.1 Å². The molecule has 1 aliphatic rings. The lowest BCUT2D eigenvalue weighted by Gasteiger charge is -2.25. The number of nitrogens with one attached hydrogen (secondary N) is 1. The molecule has 0 radical (unpaired) electrons. The number of rotatable bonds is 8. The van der Waals surface area contributed by atoms with E-state index in [0.717, 1.165) is 4.57 Å². The van der Waals surface area contributed by atoms with E-state index in [1.165, 1.54) is 24.1 Å². The Morgan fingerprint density at radius 1 is 1.12 bits per heavy atom. The van der Waals surface area contributed by atoms with Crippen molar-refractivity contribution < 1.29 is 32.3 Å². The first-order valence-electron chi connectivity index (χ1n) is 13.0. The van der Waals surface area contributed by atoms with Gasteiger partial charge in [-0.15, -0.1) is 0 Å². The molecule has 9 nitrogen and oxygen atoms in total. The fourth-order valence-corrected chi connectivity index (χ4v) is 4.95. The van der Waals surface area contributed by atoms with Crippen LogP contribution in [0.25, 0.3) is 22.5 Å². The highest BCUT2D eigenvalue weighted by Gasteiger charge is 2.39. The van der Waals surface area contributed by atoms with Gasteiger partial charge >= 0.3 is 12.1 Å². The highest BCUT2D eigenvalue weighted by Crippen LogP contribution is 2.40. The van der Waals surface area contributed by atoms with Gasteiger partial charge in [0.25, 0.3) is 5.91 Å². The molecule has 2 amide bonds. The summed E-state index contributed by atoms with van der Waals surface area (Å²) >= 11 is 0. The predicted molar refractivity (Wildman–Crippen MR) is 147 cm³/mol. The van der Waals surface area contributed by atoms with Crippen molar-refractivity contribution in [2.75, 3.05) is 12.4 Å². The van der Waals surface area contributed by atoms with Crippen LogP contribution in [0.2, 0.25) is 0 Å². The lowest BCUT2D eigenvalue weighted by Crippen LogP contribution is -2.45. The normalized spacial score (nSPS) is 14.1. The smallest absolute Gasteiger partial charge is 0.449 e. The lowest BCUT2D eigenvalue weighted by atomic mass is 10.0. The molecule has 12 heteroatoms. The Kier molecular flexibility index (Phi) is 7.88. The summed E-state index contributed by atoms with van der Waals surface area (Å²) < 4.78 is 48.0. The summed E-state index contributed by atoms with van der Waals surface area (Å²) in [5.41, 5.74) is 7.65. The molecule has 1 unspecified atom stereocenters. The van der Waals surface area contributed by atoms with E-state index in [4.69, 9.17) is 10.5 Å². The molecule has 0 spiro atoms. The second kappa shape index (κ2) is 10.9. The Morgan fingerprint density at radius 3 is 2.44 bits per heavy atom. The van der Waals surface area contributed by atoms with Crippen molar-refractivity contribution in [2.45, 2.75) is 58.0 Å². The monoisotopic (exact) mass is 571 g/mol. The summed E-state index contributed by atoms with van der Waals surface area (Å²) in [6, 6.07) is 10.5. The Hall–Kier alpha value is -4.35. The predicted octanol–water partition coefficient (Wildman–Crippen LogP) is 4.75. The van der Waals surface area contributed by atoms with Gasteiger partial charge in [0, 0.05) is 49.4 Å². The Balaban J connectivity index is 1.69. The molecule has 0 saturated carbocycles. The standard InChI is InChI=1S/C29H32F3N5O4/c1-28(2,3)41-22(38)12-11-21(25(33)39)37-15-18-13-16(9-10-20(18)26(37)40)23-24(17-7-6-8-19(14-17)34-4)36(5)27(35-23)29(30,31)32/h6-10,13-14,21,34H,11-12,15H2,1-5H3,(H2,33,39). The van der Waals surface area contributed by atoms with E-state index in [-0.39, 0.29) is 30.8 Å². The molecule has 41 heavy (non-hydrogen) atoms. The molecular formula is C29H32F3N5O4. The Labute approximate surface area is 235 Å². The molecule has 0 fully saturated rings. The lowest BCUT2D eigenvalue weighted by molar-refractivity contribution is -0.155. The van der Waals surface area contributed by atoms with Crippen LogP contribution in [0.5, 0.6) is 0 Å². The van der Waals surface area contributed by atoms with E-state index in [2.05, 4.69) is 10.3 Å². The molecule has 3 aromatic rings. The molecule has 1 atom stereocenters.